The molecule has 0 aromatic heterocycles. The maximum absolute atomic E-state index is 12.4. The number of nitrogens with two attached hydrogens (primary N) is 1. The number of amides is 1. The summed E-state index contributed by atoms with van der Waals surface area (Å²) in [6.45, 7) is 6.86. The number of hydrogen-bond acceptors (Lipinski definition) is 3. The van der Waals surface area contributed by atoms with E-state index >= 15 is 0 Å². The van der Waals surface area contributed by atoms with E-state index in [-0.39, 0.29) is 18.1 Å². The molecule has 0 saturated carbocycles. The van der Waals surface area contributed by atoms with E-state index in [2.05, 4.69) is 13.8 Å². The van der Waals surface area contributed by atoms with Crippen LogP contribution in [0.5, 0.6) is 0 Å². The van der Waals surface area contributed by atoms with Gasteiger partial charge in [0.1, 0.15) is 6.10 Å². The van der Waals surface area contributed by atoms with Crippen LogP contribution in [0.1, 0.15) is 46.0 Å². The van der Waals surface area contributed by atoms with Gasteiger partial charge in [0, 0.05) is 19.6 Å². The molecule has 18 heavy (non-hydrogen) atoms. The van der Waals surface area contributed by atoms with Crippen LogP contribution < -0.4 is 5.73 Å². The van der Waals surface area contributed by atoms with E-state index < -0.39 is 0 Å². The molecule has 4 nitrogen and oxygen atoms in total. The zero-order valence-corrected chi connectivity index (χ0v) is 11.7. The van der Waals surface area contributed by atoms with Crippen LogP contribution >= 0.6 is 0 Å². The van der Waals surface area contributed by atoms with E-state index in [1.165, 1.54) is 6.42 Å². The number of nitrogens with zero attached hydrogens (tertiary/aromatic N) is 1. The summed E-state index contributed by atoms with van der Waals surface area (Å²) < 4.78 is 5.70. The van der Waals surface area contributed by atoms with Gasteiger partial charge in [-0.25, -0.2) is 0 Å². The molecule has 0 unspecified atom stereocenters. The minimum absolute atomic E-state index is 0.0855. The molecule has 2 aliphatic rings. The summed E-state index contributed by atoms with van der Waals surface area (Å²) in [7, 11) is 0. The van der Waals surface area contributed by atoms with Gasteiger partial charge in [-0.05, 0) is 37.5 Å². The van der Waals surface area contributed by atoms with Crippen LogP contribution in [0.15, 0.2) is 0 Å². The molecule has 2 N–H and O–H groups in total. The molecule has 104 valence electrons. The molecule has 0 aromatic rings. The normalized spacial score (nSPS) is 32.3. The molecule has 0 aliphatic carbocycles. The van der Waals surface area contributed by atoms with Gasteiger partial charge in [0.25, 0.3) is 5.91 Å². The van der Waals surface area contributed by atoms with E-state index in [0.29, 0.717) is 12.0 Å². The SMILES string of the molecule is CC1(C)CCCN(C(=O)[C@@H]2CC[C@H](CN)O2)CC1. The predicted octanol–water partition coefficient (Wildman–Crippen LogP) is 1.53. The second kappa shape index (κ2) is 5.57. The minimum atomic E-state index is -0.236. The van der Waals surface area contributed by atoms with Crippen LogP contribution in [0, 0.1) is 5.41 Å². The number of likely N-dealkylation sites (tertiary alicyclic amines) is 1. The van der Waals surface area contributed by atoms with Crippen molar-refractivity contribution < 1.29 is 9.53 Å². The van der Waals surface area contributed by atoms with Crippen molar-refractivity contribution in [2.75, 3.05) is 19.6 Å². The first-order chi connectivity index (χ1) is 8.52. The molecular weight excluding hydrogens is 228 g/mol. The summed E-state index contributed by atoms with van der Waals surface area (Å²) >= 11 is 0. The average Bonchev–Trinajstić information content (AvgIpc) is 2.74. The predicted molar refractivity (Wildman–Crippen MR) is 71.2 cm³/mol. The number of carbonyl (C=O) groups excluding carboxylic acids is 1. The molecule has 2 atom stereocenters. The van der Waals surface area contributed by atoms with Crippen molar-refractivity contribution in [3.8, 4) is 0 Å². The quantitative estimate of drug-likeness (QED) is 0.813. The van der Waals surface area contributed by atoms with Crippen LogP contribution in [0.25, 0.3) is 0 Å². The maximum Gasteiger partial charge on any atom is 0.251 e. The van der Waals surface area contributed by atoms with E-state index in [9.17, 15) is 4.79 Å². The third-order valence-corrected chi connectivity index (χ3v) is 4.30. The van der Waals surface area contributed by atoms with E-state index in [1.807, 2.05) is 4.90 Å². The van der Waals surface area contributed by atoms with Crippen molar-refractivity contribution in [2.24, 2.45) is 11.1 Å². The lowest BCUT2D eigenvalue weighted by Gasteiger charge is -2.25. The van der Waals surface area contributed by atoms with E-state index in [1.54, 1.807) is 0 Å². The molecule has 0 bridgehead atoms. The fraction of sp³-hybridized carbons (Fsp3) is 0.929. The summed E-state index contributed by atoms with van der Waals surface area (Å²) in [4.78, 5) is 14.4. The maximum atomic E-state index is 12.4. The Morgan fingerprint density at radius 1 is 1.33 bits per heavy atom. The Balaban J connectivity index is 1.89. The number of rotatable bonds is 2. The Hall–Kier alpha value is -0.610. The summed E-state index contributed by atoms with van der Waals surface area (Å²) in [5.74, 6) is 0.184. The second-order valence-corrected chi connectivity index (χ2v) is 6.40. The van der Waals surface area contributed by atoms with Crippen molar-refractivity contribution >= 4 is 5.91 Å². The van der Waals surface area contributed by atoms with E-state index in [4.69, 9.17) is 10.5 Å². The highest BCUT2D eigenvalue weighted by Crippen LogP contribution is 2.30. The Bertz CT molecular complexity index is 304. The minimum Gasteiger partial charge on any atom is -0.364 e. The fourth-order valence-corrected chi connectivity index (χ4v) is 2.91. The highest BCUT2D eigenvalue weighted by atomic mass is 16.5. The zero-order valence-electron chi connectivity index (χ0n) is 11.7. The average molecular weight is 254 g/mol. The van der Waals surface area contributed by atoms with Crippen molar-refractivity contribution in [3.63, 3.8) is 0 Å². The topological polar surface area (TPSA) is 55.6 Å². The fourth-order valence-electron chi connectivity index (χ4n) is 2.91. The van der Waals surface area contributed by atoms with Crippen molar-refractivity contribution in [3.05, 3.63) is 0 Å². The first-order valence-electron chi connectivity index (χ1n) is 7.16. The molecular formula is C14H26N2O2. The van der Waals surface area contributed by atoms with Gasteiger partial charge in [-0.1, -0.05) is 13.8 Å². The molecule has 4 heteroatoms. The molecule has 1 amide bonds. The Morgan fingerprint density at radius 3 is 2.78 bits per heavy atom. The van der Waals surface area contributed by atoms with E-state index in [0.717, 1.165) is 38.8 Å². The van der Waals surface area contributed by atoms with Crippen molar-refractivity contribution in [1.82, 2.24) is 4.90 Å². The van der Waals surface area contributed by atoms with Crippen LogP contribution in [-0.4, -0.2) is 42.6 Å². The van der Waals surface area contributed by atoms with Crippen LogP contribution in [-0.2, 0) is 9.53 Å². The van der Waals surface area contributed by atoms with Gasteiger partial charge in [0.2, 0.25) is 0 Å². The molecule has 2 saturated heterocycles. The lowest BCUT2D eigenvalue weighted by atomic mass is 9.85. The monoisotopic (exact) mass is 254 g/mol. The van der Waals surface area contributed by atoms with Gasteiger partial charge in [0.05, 0.1) is 6.10 Å². The molecule has 0 aromatic carbocycles. The first-order valence-corrected chi connectivity index (χ1v) is 7.16. The van der Waals surface area contributed by atoms with Gasteiger partial charge < -0.3 is 15.4 Å². The Morgan fingerprint density at radius 2 is 2.11 bits per heavy atom. The van der Waals surface area contributed by atoms with Gasteiger partial charge >= 0.3 is 0 Å². The molecule has 2 aliphatic heterocycles. The summed E-state index contributed by atoms with van der Waals surface area (Å²) in [6, 6.07) is 0. The first kappa shape index (κ1) is 13.8. The third kappa shape index (κ3) is 3.23. The Kier molecular flexibility index (Phi) is 4.28. The number of hydrogen-bond donors (Lipinski definition) is 1. The number of ether oxygens (including phenoxy) is 1. The largest absolute Gasteiger partial charge is 0.364 e. The third-order valence-electron chi connectivity index (χ3n) is 4.30. The zero-order chi connectivity index (χ0) is 13.2. The molecule has 0 spiro atoms. The van der Waals surface area contributed by atoms with Crippen molar-refractivity contribution in [1.29, 1.82) is 0 Å². The highest BCUT2D eigenvalue weighted by Gasteiger charge is 2.34. The summed E-state index contributed by atoms with van der Waals surface area (Å²) in [5.41, 5.74) is 5.95. The smallest absolute Gasteiger partial charge is 0.251 e. The number of carbonyl (C=O) groups is 1. The van der Waals surface area contributed by atoms with Crippen molar-refractivity contribution in [2.45, 2.75) is 58.2 Å². The molecule has 2 heterocycles. The lowest BCUT2D eigenvalue weighted by Crippen LogP contribution is -2.40. The van der Waals surface area contributed by atoms with Crippen LogP contribution in [0.2, 0.25) is 0 Å². The van der Waals surface area contributed by atoms with Crippen LogP contribution in [0.4, 0.5) is 0 Å². The summed E-state index contributed by atoms with van der Waals surface area (Å²) in [5, 5.41) is 0. The molecule has 2 fully saturated rings. The molecule has 0 radical (unpaired) electrons. The highest BCUT2D eigenvalue weighted by molar-refractivity contribution is 5.81. The van der Waals surface area contributed by atoms with Gasteiger partial charge in [0.15, 0.2) is 0 Å². The summed E-state index contributed by atoms with van der Waals surface area (Å²) in [6.07, 6.45) is 5.00. The van der Waals surface area contributed by atoms with Gasteiger partial charge in [-0.15, -0.1) is 0 Å². The lowest BCUT2D eigenvalue weighted by molar-refractivity contribution is -0.142. The van der Waals surface area contributed by atoms with Gasteiger partial charge in [-0.3, -0.25) is 4.79 Å². The molecule has 2 rings (SSSR count). The Labute approximate surface area is 110 Å². The standard InChI is InChI=1S/C14H26N2O2/c1-14(2)6-3-8-16(9-7-14)13(17)12-5-4-11(10-15)18-12/h11-12H,3-10,15H2,1-2H3/t11-,12+/m1/s1. The van der Waals surface area contributed by atoms with Gasteiger partial charge in [-0.2, -0.15) is 0 Å². The second-order valence-electron chi connectivity index (χ2n) is 6.40. The van der Waals surface area contributed by atoms with Crippen LogP contribution in [0.3, 0.4) is 0 Å².